The van der Waals surface area contributed by atoms with Crippen molar-refractivity contribution in [3.63, 3.8) is 0 Å². The molecule has 0 atom stereocenters. The molecule has 1 aromatic heterocycles. The smallest absolute Gasteiger partial charge is 0.308 e. The minimum Gasteiger partial charge on any atom is -0.308 e. The number of aromatic nitrogens is 2. The number of aryl methyl sites for hydroxylation is 1. The summed E-state index contributed by atoms with van der Waals surface area (Å²) in [4.78, 5) is 0. The van der Waals surface area contributed by atoms with Crippen molar-refractivity contribution in [3.8, 4) is 0 Å². The Balaban J connectivity index is 2.35. The van der Waals surface area contributed by atoms with Gasteiger partial charge >= 0.3 is 5.51 Å². The molecule has 0 amide bonds. The standard InChI is InChI=1S/C11H18F3N3S/c1-10(2,3)15-6-9-7-16-17(8-9)4-5-18-11(12,13)14/h7-8,15H,4-6H2,1-3H3. The van der Waals surface area contributed by atoms with Crippen LogP contribution in [0.25, 0.3) is 0 Å². The van der Waals surface area contributed by atoms with Gasteiger partial charge in [0.1, 0.15) is 0 Å². The van der Waals surface area contributed by atoms with Crippen molar-refractivity contribution in [2.75, 3.05) is 5.75 Å². The van der Waals surface area contributed by atoms with Gasteiger partial charge in [0.25, 0.3) is 0 Å². The summed E-state index contributed by atoms with van der Waals surface area (Å²) in [6.45, 7) is 7.09. The van der Waals surface area contributed by atoms with E-state index >= 15 is 0 Å². The second-order valence-corrected chi connectivity index (χ2v) is 6.17. The number of hydrogen-bond acceptors (Lipinski definition) is 3. The third-order valence-electron chi connectivity index (χ3n) is 2.10. The summed E-state index contributed by atoms with van der Waals surface area (Å²) < 4.78 is 37.4. The van der Waals surface area contributed by atoms with Crippen molar-refractivity contribution >= 4 is 11.8 Å². The molecule has 1 N–H and O–H groups in total. The van der Waals surface area contributed by atoms with Crippen LogP contribution in [0.2, 0.25) is 0 Å². The van der Waals surface area contributed by atoms with Crippen LogP contribution in [0.15, 0.2) is 12.4 Å². The Hall–Kier alpha value is -0.690. The van der Waals surface area contributed by atoms with Gasteiger partial charge in [-0.25, -0.2) is 0 Å². The number of nitrogens with one attached hydrogen (secondary N) is 1. The normalized spacial score (nSPS) is 13.0. The summed E-state index contributed by atoms with van der Waals surface area (Å²) in [5, 5.41) is 7.33. The molecular formula is C11H18F3N3S. The molecule has 104 valence electrons. The highest BCUT2D eigenvalue weighted by atomic mass is 32.2. The summed E-state index contributed by atoms with van der Waals surface area (Å²) in [6.07, 6.45) is 3.45. The van der Waals surface area contributed by atoms with E-state index in [0.717, 1.165) is 5.56 Å². The molecule has 0 fully saturated rings. The zero-order chi connectivity index (χ0) is 13.8. The van der Waals surface area contributed by atoms with Gasteiger partial charge in [0.05, 0.1) is 12.7 Å². The first-order valence-corrected chi connectivity index (χ1v) is 6.61. The van der Waals surface area contributed by atoms with Crippen LogP contribution in [0.5, 0.6) is 0 Å². The minimum absolute atomic E-state index is 0.00817. The summed E-state index contributed by atoms with van der Waals surface area (Å²) in [6, 6.07) is 0. The fraction of sp³-hybridized carbons (Fsp3) is 0.727. The Morgan fingerprint density at radius 3 is 2.56 bits per heavy atom. The largest absolute Gasteiger partial charge is 0.441 e. The lowest BCUT2D eigenvalue weighted by atomic mass is 10.1. The maximum absolute atomic E-state index is 11.9. The van der Waals surface area contributed by atoms with E-state index in [1.165, 1.54) is 0 Å². The van der Waals surface area contributed by atoms with E-state index in [2.05, 4.69) is 31.2 Å². The first kappa shape index (κ1) is 15.4. The van der Waals surface area contributed by atoms with E-state index in [4.69, 9.17) is 0 Å². The predicted octanol–water partition coefficient (Wildman–Crippen LogP) is 3.02. The average molecular weight is 281 g/mol. The average Bonchev–Trinajstić information content (AvgIpc) is 2.60. The van der Waals surface area contributed by atoms with Crippen molar-refractivity contribution in [1.82, 2.24) is 15.1 Å². The fourth-order valence-corrected chi connectivity index (χ4v) is 1.75. The van der Waals surface area contributed by atoms with Gasteiger partial charge < -0.3 is 5.32 Å². The van der Waals surface area contributed by atoms with Crippen LogP contribution in [0.4, 0.5) is 13.2 Å². The molecule has 0 aliphatic rings. The lowest BCUT2D eigenvalue weighted by molar-refractivity contribution is -0.0328. The Labute approximate surface area is 109 Å². The van der Waals surface area contributed by atoms with Gasteiger partial charge in [-0.05, 0) is 32.5 Å². The molecule has 0 aliphatic carbocycles. The minimum atomic E-state index is -4.16. The monoisotopic (exact) mass is 281 g/mol. The molecule has 0 saturated heterocycles. The Morgan fingerprint density at radius 1 is 1.33 bits per heavy atom. The van der Waals surface area contributed by atoms with Gasteiger partial charge in [0.2, 0.25) is 0 Å². The molecule has 0 saturated carbocycles. The van der Waals surface area contributed by atoms with Crippen LogP contribution in [0.3, 0.4) is 0 Å². The Morgan fingerprint density at radius 2 is 2.00 bits per heavy atom. The Bertz CT molecular complexity index is 368. The van der Waals surface area contributed by atoms with E-state index in [0.29, 0.717) is 6.54 Å². The Kier molecular flexibility index (Phi) is 5.10. The second kappa shape index (κ2) is 5.97. The van der Waals surface area contributed by atoms with Crippen LogP contribution in [-0.4, -0.2) is 26.6 Å². The van der Waals surface area contributed by atoms with Gasteiger partial charge in [0.15, 0.2) is 0 Å². The van der Waals surface area contributed by atoms with Crippen LogP contribution in [0, 0.1) is 0 Å². The van der Waals surface area contributed by atoms with E-state index in [1.54, 1.807) is 17.1 Å². The highest BCUT2D eigenvalue weighted by Gasteiger charge is 2.27. The zero-order valence-corrected chi connectivity index (χ0v) is 11.5. The van der Waals surface area contributed by atoms with Gasteiger partial charge in [-0.2, -0.15) is 18.3 Å². The van der Waals surface area contributed by atoms with Crippen LogP contribution >= 0.6 is 11.8 Å². The van der Waals surface area contributed by atoms with E-state index in [-0.39, 0.29) is 29.6 Å². The van der Waals surface area contributed by atoms with Crippen molar-refractivity contribution in [2.24, 2.45) is 0 Å². The molecule has 1 heterocycles. The van der Waals surface area contributed by atoms with E-state index in [9.17, 15) is 13.2 Å². The summed E-state index contributed by atoms with van der Waals surface area (Å²) >= 11 is -0.0212. The molecule has 18 heavy (non-hydrogen) atoms. The summed E-state index contributed by atoms with van der Waals surface area (Å²) in [5.74, 6) is -0.0165. The summed E-state index contributed by atoms with van der Waals surface area (Å²) in [7, 11) is 0. The molecular weight excluding hydrogens is 263 g/mol. The highest BCUT2D eigenvalue weighted by molar-refractivity contribution is 8.00. The number of rotatable bonds is 5. The zero-order valence-electron chi connectivity index (χ0n) is 10.7. The summed E-state index contributed by atoms with van der Waals surface area (Å²) in [5.41, 5.74) is -3.18. The molecule has 0 aliphatic heterocycles. The predicted molar refractivity (Wildman–Crippen MR) is 67.3 cm³/mol. The van der Waals surface area contributed by atoms with Crippen LogP contribution in [0.1, 0.15) is 26.3 Å². The fourth-order valence-electron chi connectivity index (χ4n) is 1.24. The number of halogens is 3. The van der Waals surface area contributed by atoms with Crippen molar-refractivity contribution in [1.29, 1.82) is 0 Å². The van der Waals surface area contributed by atoms with Crippen molar-refractivity contribution < 1.29 is 13.2 Å². The maximum atomic E-state index is 11.9. The molecule has 0 aromatic carbocycles. The van der Waals surface area contributed by atoms with Crippen molar-refractivity contribution in [3.05, 3.63) is 18.0 Å². The van der Waals surface area contributed by atoms with Gasteiger partial charge in [-0.1, -0.05) is 0 Å². The first-order valence-electron chi connectivity index (χ1n) is 5.63. The number of hydrogen-bond donors (Lipinski definition) is 1. The first-order chi connectivity index (χ1) is 8.16. The van der Waals surface area contributed by atoms with Gasteiger partial charge in [-0.15, -0.1) is 0 Å². The maximum Gasteiger partial charge on any atom is 0.441 e. The SMILES string of the molecule is CC(C)(C)NCc1cnn(CCSC(F)(F)F)c1. The highest BCUT2D eigenvalue weighted by Crippen LogP contribution is 2.29. The molecule has 1 rings (SSSR count). The van der Waals surface area contributed by atoms with Gasteiger partial charge in [-0.3, -0.25) is 4.68 Å². The van der Waals surface area contributed by atoms with Crippen molar-refractivity contribution in [2.45, 2.75) is 44.9 Å². The molecule has 0 radical (unpaired) electrons. The van der Waals surface area contributed by atoms with E-state index < -0.39 is 5.51 Å². The number of alkyl halides is 3. The molecule has 0 spiro atoms. The second-order valence-electron chi connectivity index (χ2n) is 5.01. The lowest BCUT2D eigenvalue weighted by Crippen LogP contribution is -2.34. The quantitative estimate of drug-likeness (QED) is 0.899. The van der Waals surface area contributed by atoms with Gasteiger partial charge in [0, 0.05) is 29.6 Å². The molecule has 0 unspecified atom stereocenters. The molecule has 7 heteroatoms. The number of thioether (sulfide) groups is 1. The molecule has 3 nitrogen and oxygen atoms in total. The molecule has 0 bridgehead atoms. The molecule has 1 aromatic rings. The van der Waals surface area contributed by atoms with Crippen LogP contribution in [-0.2, 0) is 13.1 Å². The van der Waals surface area contributed by atoms with Crippen LogP contribution < -0.4 is 5.32 Å². The third-order valence-corrected chi connectivity index (χ3v) is 2.81. The number of nitrogens with zero attached hydrogens (tertiary/aromatic N) is 2. The van der Waals surface area contributed by atoms with E-state index in [1.807, 2.05) is 0 Å². The topological polar surface area (TPSA) is 29.9 Å². The lowest BCUT2D eigenvalue weighted by Gasteiger charge is -2.19. The third kappa shape index (κ3) is 6.90.